The number of nitrogens with zero attached hydrogens (tertiary/aromatic N) is 5. The first-order chi connectivity index (χ1) is 28.5. The molecule has 61 heavy (non-hydrogen) atoms. The first-order valence-corrected chi connectivity index (χ1v) is 19.7. The number of halogens is 6. The van der Waals surface area contributed by atoms with E-state index in [1.165, 1.54) is 35.7 Å². The largest absolute Gasteiger partial charge is 0.430 e. The van der Waals surface area contributed by atoms with Crippen molar-refractivity contribution in [3.8, 4) is 0 Å². The number of carbonyl (C=O) groups is 5. The molecule has 2 saturated heterocycles. The van der Waals surface area contributed by atoms with Gasteiger partial charge in [-0.3, -0.25) is 24.0 Å². The van der Waals surface area contributed by atoms with Gasteiger partial charge in [0, 0.05) is 50.1 Å². The summed E-state index contributed by atoms with van der Waals surface area (Å²) < 4.78 is 88.3. The molecule has 0 radical (unpaired) electrons. The Kier molecular flexibility index (Phi) is 12.5. The number of carbonyl (C=O) groups excluding carboxylic acids is 5. The highest BCUT2D eigenvalue weighted by Gasteiger charge is 2.71. The van der Waals surface area contributed by atoms with E-state index in [9.17, 15) is 60.5 Å². The molecule has 3 aliphatic rings. The summed E-state index contributed by atoms with van der Waals surface area (Å²) in [4.78, 5) is 73.8. The fourth-order valence-electron chi connectivity index (χ4n) is 8.39. The Hall–Kier alpha value is -5.28. The van der Waals surface area contributed by atoms with Gasteiger partial charge in [-0.25, -0.2) is 9.67 Å². The third kappa shape index (κ3) is 9.04. The Morgan fingerprint density at radius 2 is 1.56 bits per heavy atom. The van der Waals surface area contributed by atoms with E-state index in [1.54, 1.807) is 0 Å². The van der Waals surface area contributed by atoms with Gasteiger partial charge in [-0.1, -0.05) is 55.5 Å². The van der Waals surface area contributed by atoms with E-state index in [0.29, 0.717) is 25.0 Å². The van der Waals surface area contributed by atoms with Gasteiger partial charge in [0.2, 0.25) is 11.7 Å². The second kappa shape index (κ2) is 16.9. The van der Waals surface area contributed by atoms with Crippen molar-refractivity contribution in [2.24, 2.45) is 16.6 Å². The molecule has 6 rings (SSSR count). The van der Waals surface area contributed by atoms with Crippen LogP contribution in [0.3, 0.4) is 0 Å². The Morgan fingerprint density at radius 1 is 0.934 bits per heavy atom. The summed E-state index contributed by atoms with van der Waals surface area (Å²) in [6.07, 6.45) is -7.15. The van der Waals surface area contributed by atoms with Crippen molar-refractivity contribution in [3.05, 3.63) is 59.4 Å². The second-order valence-electron chi connectivity index (χ2n) is 16.4. The molecule has 1 aromatic heterocycles. The number of fused-ring (bicyclic) bond motifs is 1. The smallest absolute Gasteiger partial charge is 0.384 e. The van der Waals surface area contributed by atoms with E-state index in [2.05, 4.69) is 20.6 Å². The number of ether oxygens (including phenoxy) is 1. The van der Waals surface area contributed by atoms with Crippen molar-refractivity contribution in [1.29, 1.82) is 0 Å². The average Bonchev–Trinajstić information content (AvgIpc) is 3.88. The van der Waals surface area contributed by atoms with Crippen LogP contribution in [0, 0.1) is 5.92 Å². The van der Waals surface area contributed by atoms with Crippen molar-refractivity contribution in [1.82, 2.24) is 25.2 Å². The third-order valence-electron chi connectivity index (χ3n) is 11.8. The summed E-state index contributed by atoms with van der Waals surface area (Å²) >= 11 is 0. The highest BCUT2D eigenvalue weighted by Crippen LogP contribution is 2.50. The predicted molar refractivity (Wildman–Crippen MR) is 202 cm³/mol. The molecule has 0 spiro atoms. The van der Waals surface area contributed by atoms with Crippen molar-refractivity contribution in [2.45, 2.75) is 113 Å². The predicted octanol–water partition coefficient (Wildman–Crippen LogP) is 4.08. The number of hydrogen-bond donors (Lipinski definition) is 4. The molecule has 21 heteroatoms. The maximum atomic E-state index is 14.8. The Balaban J connectivity index is 1.38. The number of nitrogens with two attached hydrogens (primary N) is 1. The van der Waals surface area contributed by atoms with Crippen LogP contribution in [0.4, 0.5) is 26.3 Å². The molecule has 0 bridgehead atoms. The van der Waals surface area contributed by atoms with Crippen molar-refractivity contribution < 1.29 is 65.3 Å². The minimum atomic E-state index is -6.11. The summed E-state index contributed by atoms with van der Waals surface area (Å²) in [5.41, 5.74) is -4.62. The number of aliphatic hydroxyl groups is 2. The van der Waals surface area contributed by atoms with E-state index in [1.807, 2.05) is 0 Å². The van der Waals surface area contributed by atoms with Gasteiger partial charge in [-0.05, 0) is 55.2 Å². The van der Waals surface area contributed by atoms with Crippen LogP contribution in [0.2, 0.25) is 0 Å². The number of alkyl halides is 6. The molecule has 0 unspecified atom stereocenters. The SMILES string of the molecule is CC(C)(O)c1cnnn1[C@H]1C[C@@H](C(=O)NC2(C(=O)C(N)=O)CCOCC2)N(C(=O)C(CC2CCCCC2)=NC(=O)c2ccc3cc(C(O)(C(F)(F)F)C(F)(F)F)ccc3c2)C1. The first kappa shape index (κ1) is 45.3. The van der Waals surface area contributed by atoms with Gasteiger partial charge in [0.1, 0.15) is 22.9 Å². The molecule has 2 aromatic carbocycles. The minimum absolute atomic E-state index is 0.00414. The van der Waals surface area contributed by atoms with Crippen LogP contribution in [-0.2, 0) is 35.1 Å². The van der Waals surface area contributed by atoms with E-state index in [-0.39, 0.29) is 79.1 Å². The van der Waals surface area contributed by atoms with E-state index >= 15 is 0 Å². The number of aliphatic imine (C=N–C) groups is 1. The van der Waals surface area contributed by atoms with Gasteiger partial charge >= 0.3 is 12.4 Å². The molecule has 15 nitrogen and oxygen atoms in total. The summed E-state index contributed by atoms with van der Waals surface area (Å²) in [7, 11) is 0. The highest BCUT2D eigenvalue weighted by atomic mass is 19.4. The Morgan fingerprint density at radius 3 is 2.16 bits per heavy atom. The molecule has 3 heterocycles. The summed E-state index contributed by atoms with van der Waals surface area (Å²) in [5.74, 6) is -5.05. The molecule has 2 atom stereocenters. The molecule has 3 fully saturated rings. The Labute approximate surface area is 344 Å². The topological polar surface area (TPSA) is 219 Å². The number of ketones is 1. The maximum absolute atomic E-state index is 14.8. The van der Waals surface area contributed by atoms with Gasteiger partial charge in [0.25, 0.3) is 23.3 Å². The zero-order valence-electron chi connectivity index (χ0n) is 33.2. The van der Waals surface area contributed by atoms with Crippen LogP contribution < -0.4 is 11.1 Å². The van der Waals surface area contributed by atoms with Crippen molar-refractivity contribution in [2.75, 3.05) is 19.8 Å². The number of aromatic nitrogens is 3. The van der Waals surface area contributed by atoms with Crippen LogP contribution >= 0.6 is 0 Å². The van der Waals surface area contributed by atoms with Crippen LogP contribution in [0.15, 0.2) is 47.6 Å². The number of primary amides is 1. The summed E-state index contributed by atoms with van der Waals surface area (Å²) in [6, 6.07) is 3.10. The molecular weight excluding hydrogens is 820 g/mol. The van der Waals surface area contributed by atoms with Crippen molar-refractivity contribution >= 4 is 45.9 Å². The van der Waals surface area contributed by atoms with Crippen LogP contribution in [0.5, 0.6) is 0 Å². The summed E-state index contributed by atoms with van der Waals surface area (Å²) in [6.45, 7) is 2.81. The number of rotatable bonds is 11. The van der Waals surface area contributed by atoms with Crippen LogP contribution in [0.25, 0.3) is 10.8 Å². The normalized spacial score (nSPS) is 20.8. The fourth-order valence-corrected chi connectivity index (χ4v) is 8.39. The number of nitrogens with one attached hydrogen (secondary N) is 1. The van der Waals surface area contributed by atoms with Gasteiger partial charge in [-0.2, -0.15) is 26.3 Å². The molecule has 5 N–H and O–H groups in total. The Bertz CT molecular complexity index is 2210. The van der Waals surface area contributed by atoms with Gasteiger partial charge in [-0.15, -0.1) is 5.10 Å². The van der Waals surface area contributed by atoms with E-state index < -0.39 is 76.2 Å². The number of benzene rings is 2. The lowest BCUT2D eigenvalue weighted by atomic mass is 9.84. The van der Waals surface area contributed by atoms with E-state index in [0.717, 1.165) is 37.5 Å². The van der Waals surface area contributed by atoms with Crippen LogP contribution in [0.1, 0.15) is 99.3 Å². The first-order valence-electron chi connectivity index (χ1n) is 19.7. The zero-order chi connectivity index (χ0) is 44.7. The highest BCUT2D eigenvalue weighted by molar-refractivity contribution is 6.41. The molecular formula is C40H45F6N7O8. The zero-order valence-corrected chi connectivity index (χ0v) is 33.2. The lowest BCUT2D eigenvalue weighted by Gasteiger charge is -2.37. The minimum Gasteiger partial charge on any atom is -0.384 e. The monoisotopic (exact) mass is 865 g/mol. The van der Waals surface area contributed by atoms with Gasteiger partial charge in [0.05, 0.1) is 17.9 Å². The molecule has 2 aliphatic heterocycles. The quantitative estimate of drug-likeness (QED) is 0.123. The lowest BCUT2D eigenvalue weighted by molar-refractivity contribution is -0.376. The van der Waals surface area contributed by atoms with E-state index in [4.69, 9.17) is 10.5 Å². The number of Topliss-reactive ketones (excluding diaryl/α,β-unsaturated/α-hetero) is 1. The molecule has 4 amide bonds. The average molecular weight is 866 g/mol. The molecule has 3 aromatic rings. The van der Waals surface area contributed by atoms with Crippen LogP contribution in [-0.4, -0.2) is 109 Å². The number of likely N-dealkylation sites (tertiary alicyclic amines) is 1. The lowest BCUT2D eigenvalue weighted by Crippen LogP contribution is -2.63. The standard InChI is InChI=1S/C40H45F6N7O8/c1-36(2,59)30-20-48-51-53(30)27-19-29(34(57)50-37(31(54)32(47)55)12-14-61-15-13-37)52(21-27)35(58)28(16-22-6-4-3-5-7-22)49-33(56)25-9-8-24-18-26(11-10-23(24)17-25)38(60,39(41,42)43)40(44,45)46/h8-11,17-18,20,22,27,29,59-60H,3-7,12-16,19,21H2,1-2H3,(H2,47,55)(H,50,57)/t27-,29-/m0/s1. The second-order valence-corrected chi connectivity index (χ2v) is 16.4. The fraction of sp³-hybridized carbons (Fsp3) is 0.550. The molecule has 330 valence electrons. The maximum Gasteiger partial charge on any atom is 0.430 e. The molecule has 1 saturated carbocycles. The molecule has 1 aliphatic carbocycles. The number of hydrogen-bond acceptors (Lipinski definition) is 10. The van der Waals surface area contributed by atoms with Crippen molar-refractivity contribution in [3.63, 3.8) is 0 Å². The third-order valence-corrected chi connectivity index (χ3v) is 11.8. The van der Waals surface area contributed by atoms with Gasteiger partial charge < -0.3 is 30.9 Å². The summed E-state index contributed by atoms with van der Waals surface area (Å²) in [5, 5.41) is 31.4. The number of amides is 4. The van der Waals surface area contributed by atoms with Gasteiger partial charge in [0.15, 0.2) is 0 Å².